The lowest BCUT2D eigenvalue weighted by molar-refractivity contribution is -0.146. The van der Waals surface area contributed by atoms with Gasteiger partial charge >= 0.3 is 0 Å². The van der Waals surface area contributed by atoms with Gasteiger partial charge in [0.05, 0.1) is 24.9 Å². The molecule has 2 aromatic carbocycles. The van der Waals surface area contributed by atoms with E-state index in [0.717, 1.165) is 33.5 Å². The average Bonchev–Trinajstić information content (AvgIpc) is 3.26. The molecule has 0 aliphatic carbocycles. The maximum atomic E-state index is 14.4. The number of nitrogens with zero attached hydrogens (tertiary/aromatic N) is 2. The number of hydrogen-bond acceptors (Lipinski definition) is 6. The van der Waals surface area contributed by atoms with Crippen LogP contribution in [0.2, 0.25) is 18.6 Å². The Morgan fingerprint density at radius 2 is 2.00 bits per heavy atom. The van der Waals surface area contributed by atoms with Gasteiger partial charge in [0.1, 0.15) is 0 Å². The zero-order chi connectivity index (χ0) is 26.5. The highest BCUT2D eigenvalue weighted by atomic mass is 79.9. The highest BCUT2D eigenvalue weighted by molar-refractivity contribution is 9.10. The summed E-state index contributed by atoms with van der Waals surface area (Å²) in [4.78, 5) is 41.5. The predicted octanol–water partition coefficient (Wildman–Crippen LogP) is 3.11. The molecule has 0 aromatic heterocycles. The number of carbonyl (C=O) groups excluding carboxylic acids is 2. The number of hydrogen-bond donors (Lipinski definition) is 3. The van der Waals surface area contributed by atoms with Crippen molar-refractivity contribution in [3.8, 4) is 0 Å². The van der Waals surface area contributed by atoms with Gasteiger partial charge in [-0.05, 0) is 55.4 Å². The summed E-state index contributed by atoms with van der Waals surface area (Å²) in [5, 5.41) is 12.8. The van der Waals surface area contributed by atoms with Crippen molar-refractivity contribution < 1.29 is 24.2 Å². The molecule has 198 valence electrons. The average molecular weight is 589 g/mol. The summed E-state index contributed by atoms with van der Waals surface area (Å²) < 4.78 is 7.48. The summed E-state index contributed by atoms with van der Waals surface area (Å²) in [6, 6.07) is 13.6. The number of aliphatic hydroxyl groups excluding tert-OH is 1. The smallest absolute Gasteiger partial charge is 0.264 e. The van der Waals surface area contributed by atoms with Crippen LogP contribution >= 0.6 is 15.9 Å². The van der Waals surface area contributed by atoms with Gasteiger partial charge in [0.2, 0.25) is 5.91 Å². The Bertz CT molecular complexity index is 1220. The van der Waals surface area contributed by atoms with E-state index in [-0.39, 0.29) is 29.9 Å². The second kappa shape index (κ2) is 9.90. The first-order chi connectivity index (χ1) is 17.6. The molecule has 2 fully saturated rings. The van der Waals surface area contributed by atoms with Gasteiger partial charge in [0, 0.05) is 46.9 Å². The molecule has 0 radical (unpaired) electrons. The summed E-state index contributed by atoms with van der Waals surface area (Å²) in [5.41, 5.74) is 1.86. The summed E-state index contributed by atoms with van der Waals surface area (Å²) in [7, 11) is -2.74. The minimum absolute atomic E-state index is 0.0275. The quantitative estimate of drug-likeness (QED) is 0.449. The molecule has 3 N–H and O–H groups in total. The van der Waals surface area contributed by atoms with Gasteiger partial charge < -0.3 is 29.8 Å². The number of fused-ring (bicyclic) bond motifs is 2. The van der Waals surface area contributed by atoms with Gasteiger partial charge in [0.15, 0.2) is 13.9 Å². The summed E-state index contributed by atoms with van der Waals surface area (Å²) >= 11 is 3.57. The number of rotatable bonds is 6. The molecule has 2 saturated heterocycles. The van der Waals surface area contributed by atoms with Crippen LogP contribution in [0.25, 0.3) is 0 Å². The Kier molecular flexibility index (Phi) is 7.10. The third-order valence-electron chi connectivity index (χ3n) is 8.01. The van der Waals surface area contributed by atoms with Crippen LogP contribution in [0, 0.1) is 5.92 Å². The first kappa shape index (κ1) is 26.5. The van der Waals surface area contributed by atoms with Crippen LogP contribution in [0.15, 0.2) is 46.9 Å². The second-order valence-corrected chi connectivity index (χ2v) is 15.7. The fourth-order valence-electron chi connectivity index (χ4n) is 6.49. The first-order valence-corrected chi connectivity index (χ1v) is 16.6. The van der Waals surface area contributed by atoms with Crippen LogP contribution in [0.4, 0.5) is 11.4 Å². The molecule has 2 amide bonds. The Morgan fingerprint density at radius 3 is 2.70 bits per heavy atom. The minimum Gasteiger partial charge on any atom is -0.432 e. The van der Waals surface area contributed by atoms with Crippen LogP contribution in [0.5, 0.6) is 0 Å². The molecule has 3 aliphatic heterocycles. The highest BCUT2D eigenvalue weighted by Gasteiger charge is 2.66. The number of anilines is 2. The van der Waals surface area contributed by atoms with Crippen molar-refractivity contribution in [3.63, 3.8) is 0 Å². The van der Waals surface area contributed by atoms with Gasteiger partial charge in [-0.1, -0.05) is 35.0 Å². The SMILES string of the molecule is C[C@H]1[C@H]([Si](C)(C)O)[C@@H](CCO)O[C@]12C(=O)N(Cc1cccc(N3CCNCC3=O)c1)c1ccc(Br)cc12. The van der Waals surface area contributed by atoms with E-state index < -0.39 is 20.0 Å². The maximum Gasteiger partial charge on any atom is 0.264 e. The predicted molar refractivity (Wildman–Crippen MR) is 148 cm³/mol. The fourth-order valence-corrected chi connectivity index (χ4v) is 9.45. The van der Waals surface area contributed by atoms with Crippen LogP contribution in [0.1, 0.15) is 24.5 Å². The first-order valence-electron chi connectivity index (χ1n) is 12.8. The number of amides is 2. The van der Waals surface area contributed by atoms with Crippen molar-refractivity contribution in [2.75, 3.05) is 36.0 Å². The Labute approximate surface area is 226 Å². The lowest BCUT2D eigenvalue weighted by Crippen LogP contribution is -2.48. The van der Waals surface area contributed by atoms with Crippen molar-refractivity contribution in [2.45, 2.75) is 50.2 Å². The fraction of sp³-hybridized carbons (Fsp3) is 0.481. The largest absolute Gasteiger partial charge is 0.432 e. The van der Waals surface area contributed by atoms with E-state index in [4.69, 9.17) is 4.74 Å². The lowest BCUT2D eigenvalue weighted by Gasteiger charge is -2.32. The van der Waals surface area contributed by atoms with E-state index >= 15 is 0 Å². The molecule has 0 bridgehead atoms. The number of halogens is 1. The third-order valence-corrected chi connectivity index (χ3v) is 11.0. The maximum absolute atomic E-state index is 14.4. The van der Waals surface area contributed by atoms with E-state index in [1.54, 1.807) is 9.80 Å². The topological polar surface area (TPSA) is 102 Å². The van der Waals surface area contributed by atoms with Crippen LogP contribution in [-0.2, 0) is 26.5 Å². The van der Waals surface area contributed by atoms with Gasteiger partial charge in [-0.15, -0.1) is 0 Å². The van der Waals surface area contributed by atoms with Gasteiger partial charge in [-0.3, -0.25) is 9.59 Å². The molecular weight excluding hydrogens is 554 g/mol. The number of carbonyl (C=O) groups is 2. The summed E-state index contributed by atoms with van der Waals surface area (Å²) in [6.07, 6.45) is -0.0463. The van der Waals surface area contributed by atoms with Crippen LogP contribution < -0.4 is 15.1 Å². The Balaban J connectivity index is 1.53. The zero-order valence-corrected chi connectivity index (χ0v) is 24.0. The van der Waals surface area contributed by atoms with E-state index in [1.807, 2.05) is 62.5 Å². The van der Waals surface area contributed by atoms with Crippen molar-refractivity contribution in [3.05, 3.63) is 58.1 Å². The monoisotopic (exact) mass is 587 g/mol. The molecule has 3 heterocycles. The lowest BCUT2D eigenvalue weighted by atomic mass is 9.82. The normalized spacial score (nSPS) is 27.9. The molecule has 5 rings (SSSR count). The second-order valence-electron chi connectivity index (χ2n) is 10.8. The van der Waals surface area contributed by atoms with E-state index in [2.05, 4.69) is 21.2 Å². The molecule has 1 spiro atoms. The highest BCUT2D eigenvalue weighted by Crippen LogP contribution is 2.60. The van der Waals surface area contributed by atoms with Gasteiger partial charge in [-0.25, -0.2) is 0 Å². The number of benzene rings is 2. The molecular formula is C27H34BrN3O5Si. The van der Waals surface area contributed by atoms with Crippen LogP contribution in [-0.4, -0.2) is 62.4 Å². The third kappa shape index (κ3) is 4.47. The van der Waals surface area contributed by atoms with E-state index in [9.17, 15) is 19.5 Å². The molecule has 8 nitrogen and oxygen atoms in total. The van der Waals surface area contributed by atoms with Crippen molar-refractivity contribution >= 4 is 47.4 Å². The van der Waals surface area contributed by atoms with Crippen molar-refractivity contribution in [1.29, 1.82) is 0 Å². The number of aliphatic hydroxyl groups is 1. The van der Waals surface area contributed by atoms with E-state index in [1.165, 1.54) is 0 Å². The summed E-state index contributed by atoms with van der Waals surface area (Å²) in [6.45, 7) is 7.66. The number of ether oxygens (including phenoxy) is 1. The molecule has 10 heteroatoms. The Morgan fingerprint density at radius 1 is 1.22 bits per heavy atom. The minimum atomic E-state index is -2.74. The molecule has 0 unspecified atom stereocenters. The van der Waals surface area contributed by atoms with Crippen LogP contribution in [0.3, 0.4) is 0 Å². The van der Waals surface area contributed by atoms with Gasteiger partial charge in [-0.2, -0.15) is 0 Å². The van der Waals surface area contributed by atoms with E-state index in [0.29, 0.717) is 26.1 Å². The zero-order valence-electron chi connectivity index (χ0n) is 21.4. The molecule has 2 aromatic rings. The van der Waals surface area contributed by atoms with Crippen molar-refractivity contribution in [2.24, 2.45) is 5.92 Å². The molecule has 0 saturated carbocycles. The standard InChI is InChI=1S/C27H34BrN3O5Si/c1-17-25(37(2,3)35)23(9-12-32)36-27(17)21-14-19(28)7-8-22(21)31(26(27)34)16-18-5-4-6-20(13-18)30-11-10-29-15-24(30)33/h4-8,13-14,17,23,25,29,32,35H,9-12,15-16H2,1-3H3/t17-,23+,25-,27+/m0/s1. The number of nitrogens with one attached hydrogen (secondary N) is 1. The van der Waals surface area contributed by atoms with Gasteiger partial charge in [0.25, 0.3) is 5.91 Å². The van der Waals surface area contributed by atoms with Crippen molar-refractivity contribution in [1.82, 2.24) is 5.32 Å². The Hall–Kier alpha value is -2.08. The number of piperazine rings is 1. The molecule has 37 heavy (non-hydrogen) atoms. The molecule has 4 atom stereocenters. The summed E-state index contributed by atoms with van der Waals surface area (Å²) in [5.74, 6) is -0.397. The molecule has 3 aliphatic rings.